The number of benzene rings is 2. The molecule has 0 saturated carbocycles. The number of ether oxygens (including phenoxy) is 2. The lowest BCUT2D eigenvalue weighted by Gasteiger charge is -2.07. The van der Waals surface area contributed by atoms with Gasteiger partial charge in [-0.2, -0.15) is 0 Å². The Bertz CT molecular complexity index is 932. The van der Waals surface area contributed by atoms with Crippen molar-refractivity contribution in [2.75, 3.05) is 19.5 Å². The van der Waals surface area contributed by atoms with Gasteiger partial charge in [0, 0.05) is 16.8 Å². The summed E-state index contributed by atoms with van der Waals surface area (Å²) in [5.41, 5.74) is 2.02. The number of methoxy groups -OCH3 is 1. The third-order valence-electron chi connectivity index (χ3n) is 3.70. The van der Waals surface area contributed by atoms with Crippen LogP contribution in [0.5, 0.6) is 5.75 Å². The number of thioether (sulfide) groups is 1. The third-order valence-corrected chi connectivity index (χ3v) is 4.51. The summed E-state index contributed by atoms with van der Waals surface area (Å²) in [6, 6.07) is 10.9. The van der Waals surface area contributed by atoms with E-state index < -0.39 is 11.8 Å². The molecule has 1 heterocycles. The minimum absolute atomic E-state index is 0.212. The molecule has 2 aromatic carbocycles. The van der Waals surface area contributed by atoms with Gasteiger partial charge in [-0.25, -0.2) is 19.2 Å². The van der Waals surface area contributed by atoms with Crippen LogP contribution >= 0.6 is 11.8 Å². The summed E-state index contributed by atoms with van der Waals surface area (Å²) in [5, 5.41) is 1.56. The molecular weight excluding hydrogens is 355 g/mol. The van der Waals surface area contributed by atoms with Crippen molar-refractivity contribution in [3.8, 4) is 5.75 Å². The number of aromatic nitrogens is 2. The first-order valence-corrected chi connectivity index (χ1v) is 8.93. The highest BCUT2D eigenvalue weighted by Gasteiger charge is 2.09. The lowest BCUT2D eigenvalue weighted by atomic mass is 10.2. The smallest absolute Gasteiger partial charge is 0.338 e. The highest BCUT2D eigenvalue weighted by molar-refractivity contribution is 7.99. The summed E-state index contributed by atoms with van der Waals surface area (Å²) in [6.45, 7) is 2.13. The van der Waals surface area contributed by atoms with Crippen LogP contribution in [0.15, 0.2) is 47.6 Å². The number of halogens is 1. The molecule has 0 aliphatic rings. The molecule has 26 heavy (non-hydrogen) atoms. The monoisotopic (exact) mass is 372 g/mol. The quantitative estimate of drug-likeness (QED) is 0.282. The first kappa shape index (κ1) is 18.1. The van der Waals surface area contributed by atoms with Crippen molar-refractivity contribution in [1.29, 1.82) is 0 Å². The Kier molecular flexibility index (Phi) is 5.68. The third kappa shape index (κ3) is 4.29. The fourth-order valence-electron chi connectivity index (χ4n) is 2.36. The molecule has 0 N–H and O–H groups in total. The summed E-state index contributed by atoms with van der Waals surface area (Å²) in [6.07, 6.45) is 0. The summed E-state index contributed by atoms with van der Waals surface area (Å²) in [4.78, 5) is 20.8. The largest absolute Gasteiger partial charge is 0.497 e. The Morgan fingerprint density at radius 3 is 2.65 bits per heavy atom. The van der Waals surface area contributed by atoms with E-state index in [0.29, 0.717) is 16.5 Å². The van der Waals surface area contributed by atoms with E-state index in [1.165, 1.54) is 36.0 Å². The predicted molar refractivity (Wildman–Crippen MR) is 98.2 cm³/mol. The molecule has 0 aliphatic heterocycles. The normalized spacial score (nSPS) is 10.7. The zero-order chi connectivity index (χ0) is 18.5. The van der Waals surface area contributed by atoms with Gasteiger partial charge in [-0.1, -0.05) is 11.8 Å². The van der Waals surface area contributed by atoms with Gasteiger partial charge in [0.1, 0.15) is 18.2 Å². The minimum atomic E-state index is -0.478. The molecule has 1 aromatic heterocycles. The van der Waals surface area contributed by atoms with Crippen molar-refractivity contribution in [2.45, 2.75) is 12.1 Å². The average Bonchev–Trinajstić information content (AvgIpc) is 2.65. The molecule has 0 radical (unpaired) electrons. The number of hydrogen-bond donors (Lipinski definition) is 0. The van der Waals surface area contributed by atoms with E-state index in [9.17, 15) is 9.18 Å². The topological polar surface area (TPSA) is 61.3 Å². The number of esters is 1. The summed E-state index contributed by atoms with van der Waals surface area (Å²) >= 11 is 1.41. The second-order valence-electron chi connectivity index (χ2n) is 5.47. The number of fused-ring (bicyclic) bond motifs is 1. The van der Waals surface area contributed by atoms with Crippen LogP contribution < -0.4 is 4.74 Å². The van der Waals surface area contributed by atoms with Crippen LogP contribution in [0.2, 0.25) is 0 Å². The maximum absolute atomic E-state index is 12.9. The summed E-state index contributed by atoms with van der Waals surface area (Å²) in [5.74, 6) is 0.415. The lowest BCUT2D eigenvalue weighted by molar-refractivity contribution is 0.0530. The molecule has 0 unspecified atom stereocenters. The van der Waals surface area contributed by atoms with Gasteiger partial charge in [-0.15, -0.1) is 0 Å². The number of aryl methyl sites for hydroxylation is 1. The fraction of sp³-hybridized carbons (Fsp3) is 0.211. The van der Waals surface area contributed by atoms with Crippen LogP contribution in [0, 0.1) is 12.7 Å². The number of nitrogens with zero attached hydrogens (tertiary/aromatic N) is 2. The Morgan fingerprint density at radius 1 is 1.15 bits per heavy atom. The fourth-order valence-corrected chi connectivity index (χ4v) is 3.08. The highest BCUT2D eigenvalue weighted by Crippen LogP contribution is 2.24. The molecule has 0 amide bonds. The van der Waals surface area contributed by atoms with Crippen molar-refractivity contribution in [3.63, 3.8) is 0 Å². The van der Waals surface area contributed by atoms with Crippen LogP contribution in [0.1, 0.15) is 16.1 Å². The van der Waals surface area contributed by atoms with E-state index in [0.717, 1.165) is 22.3 Å². The molecule has 0 spiro atoms. The number of carbonyl (C=O) groups is 1. The maximum atomic E-state index is 12.9. The molecule has 7 heteroatoms. The first-order chi connectivity index (χ1) is 12.6. The van der Waals surface area contributed by atoms with Gasteiger partial charge in [0.05, 0.1) is 18.2 Å². The lowest BCUT2D eigenvalue weighted by Crippen LogP contribution is -2.08. The van der Waals surface area contributed by atoms with Crippen molar-refractivity contribution in [3.05, 3.63) is 59.5 Å². The van der Waals surface area contributed by atoms with Gasteiger partial charge in [0.2, 0.25) is 0 Å². The second kappa shape index (κ2) is 8.14. The maximum Gasteiger partial charge on any atom is 0.338 e. The van der Waals surface area contributed by atoms with Crippen molar-refractivity contribution >= 4 is 28.6 Å². The Morgan fingerprint density at radius 2 is 1.92 bits per heavy atom. The zero-order valence-corrected chi connectivity index (χ0v) is 15.2. The summed E-state index contributed by atoms with van der Waals surface area (Å²) < 4.78 is 23.3. The van der Waals surface area contributed by atoms with Crippen LogP contribution in [0.4, 0.5) is 4.39 Å². The first-order valence-electron chi connectivity index (χ1n) is 7.94. The van der Waals surface area contributed by atoms with Gasteiger partial charge < -0.3 is 9.47 Å². The molecule has 0 bridgehead atoms. The number of hydrogen-bond acceptors (Lipinski definition) is 6. The average molecular weight is 372 g/mol. The van der Waals surface area contributed by atoms with Crippen molar-refractivity contribution < 1.29 is 18.7 Å². The van der Waals surface area contributed by atoms with E-state index in [4.69, 9.17) is 9.47 Å². The molecule has 3 rings (SSSR count). The summed E-state index contributed by atoms with van der Waals surface area (Å²) in [7, 11) is 1.62. The van der Waals surface area contributed by atoms with Gasteiger partial charge in [0.15, 0.2) is 5.16 Å². The molecule has 0 fully saturated rings. The van der Waals surface area contributed by atoms with Crippen LogP contribution in [0.25, 0.3) is 10.9 Å². The standard InChI is InChI=1S/C19H17FN2O3S/c1-12-16-11-15(24-2)7-8-17(16)22-19(21-12)26-10-9-25-18(23)13-3-5-14(20)6-4-13/h3-8,11H,9-10H2,1-2H3. The minimum Gasteiger partial charge on any atom is -0.497 e. The number of rotatable bonds is 6. The molecule has 0 aliphatic carbocycles. The van der Waals surface area contributed by atoms with Gasteiger partial charge in [-0.3, -0.25) is 0 Å². The molecular formula is C19H17FN2O3S. The Balaban J connectivity index is 1.58. The predicted octanol–water partition coefficient (Wildman–Crippen LogP) is 4.04. The van der Waals surface area contributed by atoms with Gasteiger partial charge in [-0.05, 0) is 49.4 Å². The molecule has 0 atom stereocenters. The van der Waals surface area contributed by atoms with Gasteiger partial charge >= 0.3 is 5.97 Å². The van der Waals surface area contributed by atoms with Crippen LogP contribution in [0.3, 0.4) is 0 Å². The molecule has 0 saturated heterocycles. The second-order valence-corrected chi connectivity index (χ2v) is 6.53. The Hall–Kier alpha value is -2.67. The van der Waals surface area contributed by atoms with Gasteiger partial charge in [0.25, 0.3) is 0 Å². The van der Waals surface area contributed by atoms with E-state index in [1.807, 2.05) is 25.1 Å². The molecule has 134 valence electrons. The SMILES string of the molecule is COc1ccc2nc(SCCOC(=O)c3ccc(F)cc3)nc(C)c2c1. The zero-order valence-electron chi connectivity index (χ0n) is 14.4. The van der Waals surface area contributed by atoms with E-state index >= 15 is 0 Å². The van der Waals surface area contributed by atoms with Crippen molar-refractivity contribution in [1.82, 2.24) is 9.97 Å². The van der Waals surface area contributed by atoms with E-state index in [1.54, 1.807) is 7.11 Å². The van der Waals surface area contributed by atoms with Crippen LogP contribution in [-0.2, 0) is 4.74 Å². The van der Waals surface area contributed by atoms with Crippen molar-refractivity contribution in [2.24, 2.45) is 0 Å². The number of carbonyl (C=O) groups excluding carboxylic acids is 1. The van der Waals surface area contributed by atoms with E-state index in [2.05, 4.69) is 9.97 Å². The highest BCUT2D eigenvalue weighted by atomic mass is 32.2. The molecule has 5 nitrogen and oxygen atoms in total. The molecule has 3 aromatic rings. The van der Waals surface area contributed by atoms with Crippen LogP contribution in [-0.4, -0.2) is 35.4 Å². The van der Waals surface area contributed by atoms with E-state index in [-0.39, 0.29) is 6.61 Å². The Labute approximate surface area is 154 Å².